The Labute approximate surface area is 165 Å². The average molecular weight is 389 g/mol. The Balaban J connectivity index is 2.11. The number of H-pyrrole nitrogens is 2. The van der Waals surface area contributed by atoms with Crippen LogP contribution in [0.15, 0.2) is 64.4 Å². The zero-order valence-corrected chi connectivity index (χ0v) is 15.7. The van der Waals surface area contributed by atoms with Crippen molar-refractivity contribution in [2.24, 2.45) is 0 Å². The second kappa shape index (κ2) is 7.27. The van der Waals surface area contributed by atoms with E-state index in [1.165, 1.54) is 12.4 Å². The fourth-order valence-electron chi connectivity index (χ4n) is 3.65. The first-order chi connectivity index (χ1) is 14.0. The lowest BCUT2D eigenvalue weighted by atomic mass is 10.0. The molecule has 7 heteroatoms. The number of aromatic amines is 2. The fraction of sp³-hybridized carbons (Fsp3) is 0.136. The maximum atomic E-state index is 12.5. The van der Waals surface area contributed by atoms with Crippen LogP contribution in [0.1, 0.15) is 28.5 Å². The Bertz CT molecular complexity index is 1340. The summed E-state index contributed by atoms with van der Waals surface area (Å²) in [6.07, 6.45) is 3.80. The molecule has 0 aliphatic carbocycles. The molecule has 3 heterocycles. The second-order valence-electron chi connectivity index (χ2n) is 6.76. The van der Waals surface area contributed by atoms with E-state index in [-0.39, 0.29) is 28.9 Å². The van der Waals surface area contributed by atoms with E-state index >= 15 is 0 Å². The molecule has 4 rings (SSSR count). The van der Waals surface area contributed by atoms with Gasteiger partial charge in [0.15, 0.2) is 0 Å². The lowest BCUT2D eigenvalue weighted by Crippen LogP contribution is -2.18. The Morgan fingerprint density at radius 1 is 1.03 bits per heavy atom. The number of benzene rings is 1. The summed E-state index contributed by atoms with van der Waals surface area (Å²) in [6.45, 7) is 2.08. The van der Waals surface area contributed by atoms with Crippen molar-refractivity contribution in [2.75, 3.05) is 0 Å². The van der Waals surface area contributed by atoms with Crippen LogP contribution in [0.4, 0.5) is 0 Å². The van der Waals surface area contributed by atoms with Crippen LogP contribution in [-0.4, -0.2) is 25.6 Å². The van der Waals surface area contributed by atoms with Crippen LogP contribution in [0, 0.1) is 0 Å². The number of nitrogens with one attached hydrogen (secondary N) is 2. The zero-order valence-electron chi connectivity index (χ0n) is 15.7. The first-order valence-corrected chi connectivity index (χ1v) is 9.24. The van der Waals surface area contributed by atoms with Gasteiger partial charge in [0, 0.05) is 40.0 Å². The summed E-state index contributed by atoms with van der Waals surface area (Å²) in [6, 6.07) is 12.3. The molecule has 7 nitrogen and oxygen atoms in total. The van der Waals surface area contributed by atoms with Gasteiger partial charge in [-0.25, -0.2) is 4.79 Å². The Hall–Kier alpha value is -3.87. The minimum atomic E-state index is -1.16. The number of fused-ring (bicyclic) bond motifs is 1. The van der Waals surface area contributed by atoms with E-state index < -0.39 is 5.97 Å². The molecule has 29 heavy (non-hydrogen) atoms. The average Bonchev–Trinajstić information content (AvgIpc) is 3.03. The van der Waals surface area contributed by atoms with Gasteiger partial charge < -0.3 is 19.6 Å². The van der Waals surface area contributed by atoms with Gasteiger partial charge in [0.05, 0.1) is 6.54 Å². The molecule has 0 aliphatic rings. The van der Waals surface area contributed by atoms with Gasteiger partial charge in [-0.05, 0) is 42.3 Å². The van der Waals surface area contributed by atoms with Crippen molar-refractivity contribution < 1.29 is 9.90 Å². The Morgan fingerprint density at radius 3 is 2.41 bits per heavy atom. The largest absolute Gasteiger partial charge is 0.477 e. The van der Waals surface area contributed by atoms with Crippen LogP contribution in [0.2, 0.25) is 0 Å². The van der Waals surface area contributed by atoms with E-state index in [1.54, 1.807) is 28.8 Å². The Kier molecular flexibility index (Phi) is 4.64. The lowest BCUT2D eigenvalue weighted by Gasteiger charge is -2.09. The van der Waals surface area contributed by atoms with E-state index in [9.17, 15) is 19.5 Å². The number of pyridine rings is 2. The summed E-state index contributed by atoms with van der Waals surface area (Å²) >= 11 is 0. The molecule has 0 unspecified atom stereocenters. The van der Waals surface area contributed by atoms with Gasteiger partial charge in [0.1, 0.15) is 5.69 Å². The van der Waals surface area contributed by atoms with Crippen molar-refractivity contribution in [1.82, 2.24) is 14.5 Å². The van der Waals surface area contributed by atoms with Gasteiger partial charge >= 0.3 is 5.97 Å². The van der Waals surface area contributed by atoms with Gasteiger partial charge in [-0.2, -0.15) is 0 Å². The molecular formula is C22H19N3O4. The number of hydrogen-bond donors (Lipinski definition) is 3. The monoisotopic (exact) mass is 389 g/mol. The predicted molar refractivity (Wildman–Crippen MR) is 110 cm³/mol. The summed E-state index contributed by atoms with van der Waals surface area (Å²) in [5.74, 6) is -1.16. The van der Waals surface area contributed by atoms with Crippen LogP contribution in [0.5, 0.6) is 0 Å². The van der Waals surface area contributed by atoms with E-state index in [0.29, 0.717) is 22.0 Å². The fourth-order valence-corrected chi connectivity index (χ4v) is 3.65. The third kappa shape index (κ3) is 3.16. The minimum absolute atomic E-state index is 0.0202. The highest BCUT2D eigenvalue weighted by molar-refractivity contribution is 6.08. The van der Waals surface area contributed by atoms with Gasteiger partial charge in [0.2, 0.25) is 0 Å². The number of rotatable bonds is 5. The van der Waals surface area contributed by atoms with Crippen LogP contribution < -0.4 is 11.1 Å². The molecule has 4 aromatic rings. The maximum absolute atomic E-state index is 12.5. The molecule has 0 amide bonds. The van der Waals surface area contributed by atoms with Crippen LogP contribution in [0.3, 0.4) is 0 Å². The number of carbonyl (C=O) groups is 1. The zero-order chi connectivity index (χ0) is 20.5. The number of aromatic nitrogens is 3. The van der Waals surface area contributed by atoms with E-state index in [4.69, 9.17) is 0 Å². The van der Waals surface area contributed by atoms with E-state index in [2.05, 4.69) is 9.97 Å². The molecule has 0 saturated carbocycles. The smallest absolute Gasteiger partial charge is 0.353 e. The van der Waals surface area contributed by atoms with Crippen LogP contribution >= 0.6 is 0 Å². The molecule has 3 N–H and O–H groups in total. The van der Waals surface area contributed by atoms with Crippen LogP contribution in [-0.2, 0) is 13.0 Å². The highest BCUT2D eigenvalue weighted by atomic mass is 16.4. The molecule has 0 fully saturated rings. The predicted octanol–water partition coefficient (Wildman–Crippen LogP) is 2.99. The van der Waals surface area contributed by atoms with Crippen molar-refractivity contribution >= 4 is 16.9 Å². The quantitative estimate of drug-likeness (QED) is 0.488. The first kappa shape index (κ1) is 18.5. The molecule has 0 radical (unpaired) electrons. The SMILES string of the molecule is CCc1ccc2c(c1)c(-c1ccc[nH]c1=O)c(C(=O)O)n2Cc1ccc[nH]c1=O. The van der Waals surface area contributed by atoms with Gasteiger partial charge in [-0.15, -0.1) is 0 Å². The summed E-state index contributed by atoms with van der Waals surface area (Å²) in [5, 5.41) is 10.7. The maximum Gasteiger partial charge on any atom is 0.353 e. The second-order valence-corrected chi connectivity index (χ2v) is 6.76. The van der Waals surface area contributed by atoms with Crippen molar-refractivity contribution in [2.45, 2.75) is 19.9 Å². The van der Waals surface area contributed by atoms with Gasteiger partial charge in [-0.1, -0.05) is 19.1 Å². The number of aryl methyl sites for hydroxylation is 1. The first-order valence-electron chi connectivity index (χ1n) is 9.24. The molecule has 0 bridgehead atoms. The summed E-state index contributed by atoms with van der Waals surface area (Å²) in [5.41, 5.74) is 2.08. The summed E-state index contributed by atoms with van der Waals surface area (Å²) < 4.78 is 1.59. The van der Waals surface area contributed by atoms with Gasteiger partial charge in [0.25, 0.3) is 11.1 Å². The standard InChI is InChI=1S/C22H19N3O4/c1-2-13-7-8-17-16(11-13)18(15-6-4-10-24-21(15)27)19(22(28)29)25(17)12-14-5-3-9-23-20(14)26/h3-11H,2,12H2,1H3,(H,23,26)(H,24,27)(H,28,29). The molecule has 0 atom stereocenters. The van der Waals surface area contributed by atoms with E-state index in [1.807, 2.05) is 25.1 Å². The minimum Gasteiger partial charge on any atom is -0.477 e. The van der Waals surface area contributed by atoms with Crippen molar-refractivity contribution in [3.8, 4) is 11.1 Å². The summed E-state index contributed by atoms with van der Waals surface area (Å²) in [4.78, 5) is 42.2. The molecule has 146 valence electrons. The van der Waals surface area contributed by atoms with Crippen LogP contribution in [0.25, 0.3) is 22.0 Å². The topological polar surface area (TPSA) is 108 Å². The summed E-state index contributed by atoms with van der Waals surface area (Å²) in [7, 11) is 0. The number of nitrogens with zero attached hydrogens (tertiary/aromatic N) is 1. The number of aromatic carboxylic acids is 1. The Morgan fingerprint density at radius 2 is 1.76 bits per heavy atom. The molecule has 0 saturated heterocycles. The van der Waals surface area contributed by atoms with Gasteiger partial charge in [-0.3, -0.25) is 9.59 Å². The highest BCUT2D eigenvalue weighted by Gasteiger charge is 2.25. The highest BCUT2D eigenvalue weighted by Crippen LogP contribution is 2.34. The van der Waals surface area contributed by atoms with E-state index in [0.717, 1.165) is 12.0 Å². The van der Waals surface area contributed by atoms with Crippen molar-refractivity contribution in [3.63, 3.8) is 0 Å². The number of carboxylic acids is 1. The molecule has 3 aromatic heterocycles. The van der Waals surface area contributed by atoms with Crippen molar-refractivity contribution in [1.29, 1.82) is 0 Å². The molecule has 1 aromatic carbocycles. The number of carboxylic acid groups (broad SMARTS) is 1. The molecule has 0 spiro atoms. The molecular weight excluding hydrogens is 370 g/mol. The lowest BCUT2D eigenvalue weighted by molar-refractivity contribution is 0.0687. The normalized spacial score (nSPS) is 11.1. The third-order valence-electron chi connectivity index (χ3n) is 5.05. The third-order valence-corrected chi connectivity index (χ3v) is 5.05. The molecule has 0 aliphatic heterocycles. The van der Waals surface area contributed by atoms with Crippen molar-refractivity contribution in [3.05, 3.63) is 92.4 Å². The number of hydrogen-bond acceptors (Lipinski definition) is 3.